The predicted octanol–water partition coefficient (Wildman–Crippen LogP) is 2.11. The van der Waals surface area contributed by atoms with Crippen LogP contribution in [-0.4, -0.2) is 28.2 Å². The molecule has 1 aliphatic heterocycles. The van der Waals surface area contributed by atoms with Gasteiger partial charge in [-0.25, -0.2) is 4.98 Å². The van der Waals surface area contributed by atoms with Gasteiger partial charge in [0.2, 0.25) is 11.8 Å². The van der Waals surface area contributed by atoms with E-state index in [9.17, 15) is 9.59 Å². The third-order valence-electron chi connectivity index (χ3n) is 4.16. The number of fused-ring (bicyclic) bond motifs is 1. The Morgan fingerprint density at radius 3 is 2.60 bits per heavy atom. The summed E-state index contributed by atoms with van der Waals surface area (Å²) in [5, 5.41) is 3.98. The largest absolute Gasteiger partial charge is 0.362 e. The van der Waals surface area contributed by atoms with E-state index in [4.69, 9.17) is 0 Å². The van der Waals surface area contributed by atoms with Crippen molar-refractivity contribution in [1.29, 1.82) is 0 Å². The lowest BCUT2D eigenvalue weighted by Gasteiger charge is -2.15. The van der Waals surface area contributed by atoms with E-state index < -0.39 is 0 Å². The molecule has 0 spiro atoms. The van der Waals surface area contributed by atoms with E-state index in [1.165, 1.54) is 16.2 Å². The molecule has 2 fully saturated rings. The van der Waals surface area contributed by atoms with Gasteiger partial charge in [0.05, 0.1) is 18.4 Å². The number of likely N-dealkylation sites (tertiary alicyclic amines) is 1. The Balaban J connectivity index is 1.71. The molecule has 2 unspecified atom stereocenters. The van der Waals surface area contributed by atoms with Crippen molar-refractivity contribution in [2.75, 3.05) is 11.9 Å². The molecule has 1 aromatic heterocycles. The van der Waals surface area contributed by atoms with Gasteiger partial charge in [-0.1, -0.05) is 6.92 Å². The van der Waals surface area contributed by atoms with Gasteiger partial charge >= 0.3 is 0 Å². The number of hydrogen-bond donors (Lipinski definition) is 1. The highest BCUT2D eigenvalue weighted by molar-refractivity contribution is 7.15. The fourth-order valence-electron chi connectivity index (χ4n) is 3.27. The zero-order valence-corrected chi connectivity index (χ0v) is 12.6. The molecule has 0 radical (unpaired) electrons. The van der Waals surface area contributed by atoms with Crippen molar-refractivity contribution in [1.82, 2.24) is 9.88 Å². The zero-order valence-electron chi connectivity index (χ0n) is 11.8. The first-order valence-electron chi connectivity index (χ1n) is 7.14. The Morgan fingerprint density at radius 2 is 2.00 bits per heavy atom. The van der Waals surface area contributed by atoms with E-state index in [2.05, 4.69) is 17.2 Å². The van der Waals surface area contributed by atoms with E-state index in [0.717, 1.165) is 29.4 Å². The molecule has 1 aromatic rings. The maximum absolute atomic E-state index is 12.4. The molecule has 0 bridgehead atoms. The van der Waals surface area contributed by atoms with Crippen molar-refractivity contribution in [2.24, 2.45) is 17.8 Å². The monoisotopic (exact) mass is 293 g/mol. The number of hydrogen-bond acceptors (Lipinski definition) is 5. The summed E-state index contributed by atoms with van der Waals surface area (Å²) in [6.07, 6.45) is 3.47. The maximum Gasteiger partial charge on any atom is 0.233 e. The fourth-order valence-corrected chi connectivity index (χ4v) is 4.14. The van der Waals surface area contributed by atoms with Gasteiger partial charge in [0, 0.05) is 17.6 Å². The number of anilines is 1. The molecule has 1 aliphatic carbocycles. The number of amides is 2. The smallest absolute Gasteiger partial charge is 0.233 e. The third kappa shape index (κ3) is 2.22. The van der Waals surface area contributed by atoms with Gasteiger partial charge in [0.25, 0.3) is 0 Å². The van der Waals surface area contributed by atoms with Crippen LogP contribution in [0.1, 0.15) is 31.6 Å². The summed E-state index contributed by atoms with van der Waals surface area (Å²) >= 11 is 1.51. The topological polar surface area (TPSA) is 62.3 Å². The Hall–Kier alpha value is -1.43. The highest BCUT2D eigenvalue weighted by atomic mass is 32.1. The lowest BCUT2D eigenvalue weighted by atomic mass is 10.00. The van der Waals surface area contributed by atoms with Crippen LogP contribution in [0.2, 0.25) is 0 Å². The molecule has 1 N–H and O–H groups in total. The number of imide groups is 1. The van der Waals surface area contributed by atoms with Crippen LogP contribution < -0.4 is 5.32 Å². The van der Waals surface area contributed by atoms with Gasteiger partial charge in [0.1, 0.15) is 0 Å². The Kier molecular flexibility index (Phi) is 3.50. The van der Waals surface area contributed by atoms with Crippen LogP contribution in [0.5, 0.6) is 0 Å². The van der Waals surface area contributed by atoms with Crippen LogP contribution in [0.15, 0.2) is 6.20 Å². The highest BCUT2D eigenvalue weighted by Crippen LogP contribution is 2.43. The zero-order chi connectivity index (χ0) is 14.3. The SMILES string of the molecule is CCNc1ncc(CN2C(=O)C3CC(C)CC3C2=O)s1. The van der Waals surface area contributed by atoms with Gasteiger partial charge in [-0.3, -0.25) is 14.5 Å². The molecular weight excluding hydrogens is 274 g/mol. The Bertz CT molecular complexity index is 518. The van der Waals surface area contributed by atoms with E-state index in [0.29, 0.717) is 12.5 Å². The molecule has 2 aliphatic rings. The van der Waals surface area contributed by atoms with Crippen molar-refractivity contribution in [3.63, 3.8) is 0 Å². The van der Waals surface area contributed by atoms with Crippen LogP contribution in [0.3, 0.4) is 0 Å². The molecule has 1 saturated heterocycles. The summed E-state index contributed by atoms with van der Waals surface area (Å²) in [5.74, 6) is 0.381. The number of carbonyl (C=O) groups excluding carboxylic acids is 2. The molecule has 2 amide bonds. The van der Waals surface area contributed by atoms with Crippen molar-refractivity contribution in [3.05, 3.63) is 11.1 Å². The second kappa shape index (κ2) is 5.16. The Morgan fingerprint density at radius 1 is 1.35 bits per heavy atom. The first kappa shape index (κ1) is 13.5. The van der Waals surface area contributed by atoms with E-state index in [-0.39, 0.29) is 23.7 Å². The van der Waals surface area contributed by atoms with Crippen molar-refractivity contribution in [2.45, 2.75) is 33.2 Å². The van der Waals surface area contributed by atoms with Crippen LogP contribution in [-0.2, 0) is 16.1 Å². The minimum atomic E-state index is -0.0707. The lowest BCUT2D eigenvalue weighted by Crippen LogP contribution is -2.31. The number of carbonyl (C=O) groups is 2. The van der Waals surface area contributed by atoms with E-state index in [1.807, 2.05) is 6.92 Å². The summed E-state index contributed by atoms with van der Waals surface area (Å²) < 4.78 is 0. The van der Waals surface area contributed by atoms with Gasteiger partial charge in [-0.2, -0.15) is 0 Å². The first-order valence-corrected chi connectivity index (χ1v) is 7.95. The molecule has 108 valence electrons. The fraction of sp³-hybridized carbons (Fsp3) is 0.643. The summed E-state index contributed by atoms with van der Waals surface area (Å²) in [6, 6.07) is 0. The maximum atomic E-state index is 12.4. The summed E-state index contributed by atoms with van der Waals surface area (Å²) in [5.41, 5.74) is 0. The van der Waals surface area contributed by atoms with Crippen molar-refractivity contribution in [3.8, 4) is 0 Å². The summed E-state index contributed by atoms with van der Waals surface area (Å²) in [7, 11) is 0. The van der Waals surface area contributed by atoms with Crippen LogP contribution >= 0.6 is 11.3 Å². The summed E-state index contributed by atoms with van der Waals surface area (Å²) in [6.45, 7) is 5.32. The van der Waals surface area contributed by atoms with Gasteiger partial charge in [0.15, 0.2) is 5.13 Å². The first-order chi connectivity index (χ1) is 9.60. The van der Waals surface area contributed by atoms with E-state index >= 15 is 0 Å². The van der Waals surface area contributed by atoms with Crippen molar-refractivity contribution < 1.29 is 9.59 Å². The predicted molar refractivity (Wildman–Crippen MR) is 77.2 cm³/mol. The van der Waals surface area contributed by atoms with Gasteiger partial charge in [-0.05, 0) is 25.7 Å². The minimum absolute atomic E-state index is 0.0164. The molecule has 20 heavy (non-hydrogen) atoms. The van der Waals surface area contributed by atoms with E-state index in [1.54, 1.807) is 6.20 Å². The van der Waals surface area contributed by atoms with Crippen LogP contribution in [0, 0.1) is 17.8 Å². The molecule has 5 nitrogen and oxygen atoms in total. The van der Waals surface area contributed by atoms with Crippen LogP contribution in [0.4, 0.5) is 5.13 Å². The minimum Gasteiger partial charge on any atom is -0.362 e. The average Bonchev–Trinajstić information content (AvgIpc) is 3.06. The number of nitrogens with one attached hydrogen (secondary N) is 1. The second-order valence-corrected chi connectivity index (χ2v) is 6.83. The van der Waals surface area contributed by atoms with Gasteiger partial charge in [-0.15, -0.1) is 11.3 Å². The number of rotatable bonds is 4. The standard InChI is InChI=1S/C14H19N3O2S/c1-3-15-14-16-6-9(20-14)7-17-12(18)10-4-8(2)5-11(10)13(17)19/h6,8,10-11H,3-5,7H2,1-2H3,(H,15,16). The number of nitrogens with zero attached hydrogens (tertiary/aromatic N) is 2. The molecule has 2 heterocycles. The van der Waals surface area contributed by atoms with Gasteiger partial charge < -0.3 is 5.32 Å². The average molecular weight is 293 g/mol. The van der Waals surface area contributed by atoms with Crippen molar-refractivity contribution >= 4 is 28.3 Å². The molecule has 1 saturated carbocycles. The number of aromatic nitrogens is 1. The number of thiazole rings is 1. The molecule has 0 aromatic carbocycles. The third-order valence-corrected chi connectivity index (χ3v) is 5.10. The molecule has 2 atom stereocenters. The highest BCUT2D eigenvalue weighted by Gasteiger charge is 2.51. The molecular formula is C14H19N3O2S. The lowest BCUT2D eigenvalue weighted by molar-refractivity contribution is -0.141. The quantitative estimate of drug-likeness (QED) is 0.864. The summed E-state index contributed by atoms with van der Waals surface area (Å²) in [4.78, 5) is 31.3. The second-order valence-electron chi connectivity index (χ2n) is 5.71. The molecule has 6 heteroatoms. The normalized spacial score (nSPS) is 29.1. The molecule has 3 rings (SSSR count). The van der Waals surface area contributed by atoms with Crippen LogP contribution in [0.25, 0.3) is 0 Å². The Labute approximate surface area is 122 Å².